The van der Waals surface area contributed by atoms with Crippen LogP contribution in [0.4, 0.5) is 0 Å². The van der Waals surface area contributed by atoms with E-state index >= 15 is 0 Å². The first-order valence-electron chi connectivity index (χ1n) is 8.27. The number of hydrogen-bond acceptors (Lipinski definition) is 2. The van der Waals surface area contributed by atoms with E-state index in [1.165, 1.54) is 62.5 Å². The van der Waals surface area contributed by atoms with Gasteiger partial charge in [0.15, 0.2) is 0 Å². The summed E-state index contributed by atoms with van der Waals surface area (Å²) >= 11 is 0. The number of fused-ring (bicyclic) bond motifs is 1. The van der Waals surface area contributed by atoms with Gasteiger partial charge >= 0.3 is 0 Å². The van der Waals surface area contributed by atoms with Gasteiger partial charge in [-0.1, -0.05) is 37.8 Å². The highest BCUT2D eigenvalue weighted by atomic mass is 35.5. The maximum absolute atomic E-state index is 5.54. The zero-order valence-corrected chi connectivity index (χ0v) is 13.9. The molecule has 1 aromatic rings. The minimum atomic E-state index is 0. The second-order valence-electron chi connectivity index (χ2n) is 6.39. The number of rotatable bonds is 3. The predicted molar refractivity (Wildman–Crippen MR) is 90.7 cm³/mol. The third-order valence-corrected chi connectivity index (χ3v) is 4.99. The van der Waals surface area contributed by atoms with Gasteiger partial charge in [0.05, 0.1) is 7.11 Å². The van der Waals surface area contributed by atoms with Gasteiger partial charge in [0.2, 0.25) is 0 Å². The van der Waals surface area contributed by atoms with Crippen molar-refractivity contribution in [2.75, 3.05) is 7.11 Å². The van der Waals surface area contributed by atoms with Crippen LogP contribution in [-0.4, -0.2) is 19.2 Å². The summed E-state index contributed by atoms with van der Waals surface area (Å²) in [5, 5.41) is 3.93. The molecule has 3 rings (SSSR count). The first-order valence-corrected chi connectivity index (χ1v) is 8.27. The van der Waals surface area contributed by atoms with Gasteiger partial charge < -0.3 is 10.1 Å². The summed E-state index contributed by atoms with van der Waals surface area (Å²) in [4.78, 5) is 0. The summed E-state index contributed by atoms with van der Waals surface area (Å²) in [5.41, 5.74) is 2.93. The molecule has 0 saturated heterocycles. The maximum atomic E-state index is 5.54. The first kappa shape index (κ1) is 16.6. The van der Waals surface area contributed by atoms with Crippen LogP contribution in [0.5, 0.6) is 5.75 Å². The highest BCUT2D eigenvalue weighted by Gasteiger charge is 2.23. The molecule has 2 nitrogen and oxygen atoms in total. The van der Waals surface area contributed by atoms with Crippen molar-refractivity contribution in [3.05, 3.63) is 29.3 Å². The summed E-state index contributed by atoms with van der Waals surface area (Å²) in [5.74, 6) is 1.08. The van der Waals surface area contributed by atoms with Crippen LogP contribution in [0.1, 0.15) is 56.1 Å². The molecule has 0 heterocycles. The van der Waals surface area contributed by atoms with E-state index < -0.39 is 0 Å². The highest BCUT2D eigenvalue weighted by Crippen LogP contribution is 2.30. The van der Waals surface area contributed by atoms with E-state index in [1.807, 2.05) is 0 Å². The molecule has 0 spiro atoms. The summed E-state index contributed by atoms with van der Waals surface area (Å²) in [6.07, 6.45) is 12.0. The van der Waals surface area contributed by atoms with Gasteiger partial charge in [-0.05, 0) is 49.3 Å². The Balaban J connectivity index is 0.00000161. The topological polar surface area (TPSA) is 21.3 Å². The average Bonchev–Trinajstić information content (AvgIpc) is 2.75. The number of halogens is 1. The van der Waals surface area contributed by atoms with Gasteiger partial charge in [-0.2, -0.15) is 0 Å². The Morgan fingerprint density at radius 1 is 1.00 bits per heavy atom. The van der Waals surface area contributed by atoms with Crippen LogP contribution < -0.4 is 10.1 Å². The fraction of sp³-hybridized carbons (Fsp3) is 0.667. The molecule has 21 heavy (non-hydrogen) atoms. The molecule has 2 aliphatic rings. The Kier molecular flexibility index (Phi) is 6.38. The molecule has 0 radical (unpaired) electrons. The van der Waals surface area contributed by atoms with E-state index in [0.29, 0.717) is 6.04 Å². The lowest BCUT2D eigenvalue weighted by molar-refractivity contribution is 0.356. The van der Waals surface area contributed by atoms with Gasteiger partial charge in [-0.25, -0.2) is 0 Å². The molecule has 0 aliphatic heterocycles. The monoisotopic (exact) mass is 309 g/mol. The number of benzene rings is 1. The van der Waals surface area contributed by atoms with Crippen molar-refractivity contribution in [1.29, 1.82) is 0 Å². The molecular formula is C18H28ClNO. The largest absolute Gasteiger partial charge is 0.496 e. The summed E-state index contributed by atoms with van der Waals surface area (Å²) in [7, 11) is 1.79. The Hall–Kier alpha value is -0.730. The second-order valence-corrected chi connectivity index (χ2v) is 6.39. The van der Waals surface area contributed by atoms with Crippen molar-refractivity contribution >= 4 is 12.4 Å². The molecular weight excluding hydrogens is 282 g/mol. The molecule has 3 heteroatoms. The number of aryl methyl sites for hydroxylation is 1. The van der Waals surface area contributed by atoms with Gasteiger partial charge in [0.25, 0.3) is 0 Å². The van der Waals surface area contributed by atoms with E-state index in [-0.39, 0.29) is 12.4 Å². The third kappa shape index (κ3) is 4.14. The van der Waals surface area contributed by atoms with Crippen molar-refractivity contribution in [3.8, 4) is 5.75 Å². The molecule has 1 aromatic carbocycles. The molecule has 118 valence electrons. The van der Waals surface area contributed by atoms with E-state index in [4.69, 9.17) is 4.74 Å². The molecule has 1 saturated carbocycles. The van der Waals surface area contributed by atoms with Crippen LogP contribution in [-0.2, 0) is 12.8 Å². The number of hydrogen-bond donors (Lipinski definition) is 1. The van der Waals surface area contributed by atoms with Crippen molar-refractivity contribution in [2.24, 2.45) is 0 Å². The number of nitrogens with one attached hydrogen (secondary N) is 1. The molecule has 1 N–H and O–H groups in total. The van der Waals surface area contributed by atoms with Gasteiger partial charge in [0, 0.05) is 12.1 Å². The van der Waals surface area contributed by atoms with Crippen LogP contribution in [0.3, 0.4) is 0 Å². The number of ether oxygens (including phenoxy) is 1. The Morgan fingerprint density at radius 3 is 2.48 bits per heavy atom. The minimum Gasteiger partial charge on any atom is -0.496 e. The molecule has 0 aromatic heterocycles. The Labute approximate surface area is 135 Å². The lowest BCUT2D eigenvalue weighted by atomic mass is 9.87. The molecule has 1 fully saturated rings. The van der Waals surface area contributed by atoms with Gasteiger partial charge in [-0.3, -0.25) is 0 Å². The van der Waals surface area contributed by atoms with E-state index in [0.717, 1.165) is 18.2 Å². The lowest BCUT2D eigenvalue weighted by Crippen LogP contribution is -2.41. The van der Waals surface area contributed by atoms with E-state index in [1.54, 1.807) is 7.11 Å². The lowest BCUT2D eigenvalue weighted by Gasteiger charge is -2.30. The number of methoxy groups -OCH3 is 1. The highest BCUT2D eigenvalue weighted by molar-refractivity contribution is 5.85. The van der Waals surface area contributed by atoms with Crippen LogP contribution in [0, 0.1) is 0 Å². The standard InChI is InChI=1S/C18H27NO.ClH/c1-20-18-10-6-7-14-11-12-16(13-17(14)18)19-15-8-4-2-3-5-9-15;/h6-7,10,15-16,19H,2-5,8-9,11-13H2,1H3;1H. The van der Waals surface area contributed by atoms with Crippen LogP contribution >= 0.6 is 12.4 Å². The Bertz CT molecular complexity index is 427. The van der Waals surface area contributed by atoms with Crippen molar-refractivity contribution in [2.45, 2.75) is 69.9 Å². The van der Waals surface area contributed by atoms with Crippen LogP contribution in [0.25, 0.3) is 0 Å². The van der Waals surface area contributed by atoms with Gasteiger partial charge in [0.1, 0.15) is 5.75 Å². The zero-order chi connectivity index (χ0) is 13.8. The Morgan fingerprint density at radius 2 is 1.76 bits per heavy atom. The smallest absolute Gasteiger partial charge is 0.122 e. The fourth-order valence-corrected chi connectivity index (χ4v) is 3.87. The fourth-order valence-electron chi connectivity index (χ4n) is 3.87. The normalized spacial score (nSPS) is 22.8. The van der Waals surface area contributed by atoms with E-state index in [2.05, 4.69) is 23.5 Å². The van der Waals surface area contributed by atoms with Crippen molar-refractivity contribution in [3.63, 3.8) is 0 Å². The van der Waals surface area contributed by atoms with Crippen LogP contribution in [0.15, 0.2) is 18.2 Å². The molecule has 1 atom stereocenters. The zero-order valence-electron chi connectivity index (χ0n) is 13.1. The van der Waals surface area contributed by atoms with E-state index in [9.17, 15) is 0 Å². The SMILES string of the molecule is COc1cccc2c1CC(NC1CCCCCC1)CC2.Cl. The molecule has 2 aliphatic carbocycles. The molecule has 0 bridgehead atoms. The average molecular weight is 310 g/mol. The summed E-state index contributed by atoms with van der Waals surface area (Å²) in [6, 6.07) is 7.88. The third-order valence-electron chi connectivity index (χ3n) is 4.99. The summed E-state index contributed by atoms with van der Waals surface area (Å²) in [6.45, 7) is 0. The van der Waals surface area contributed by atoms with Gasteiger partial charge in [-0.15, -0.1) is 12.4 Å². The maximum Gasteiger partial charge on any atom is 0.122 e. The first-order chi connectivity index (χ1) is 9.86. The van der Waals surface area contributed by atoms with Crippen molar-refractivity contribution in [1.82, 2.24) is 5.32 Å². The quantitative estimate of drug-likeness (QED) is 0.841. The molecule has 1 unspecified atom stereocenters. The minimum absolute atomic E-state index is 0. The predicted octanol–water partition coefficient (Wildman–Crippen LogP) is 4.29. The second kappa shape index (κ2) is 8.05. The molecule has 0 amide bonds. The van der Waals surface area contributed by atoms with Crippen molar-refractivity contribution < 1.29 is 4.74 Å². The van der Waals surface area contributed by atoms with Crippen LogP contribution in [0.2, 0.25) is 0 Å². The summed E-state index contributed by atoms with van der Waals surface area (Å²) < 4.78 is 5.54.